The largest absolute Gasteiger partial charge is 0.492 e. The minimum atomic E-state index is -0.238. The highest BCUT2D eigenvalue weighted by molar-refractivity contribution is 7.80. The number of carbonyl (C=O) groups is 1. The summed E-state index contributed by atoms with van der Waals surface area (Å²) >= 11 is 5.45. The molecule has 0 saturated carbocycles. The van der Waals surface area contributed by atoms with E-state index >= 15 is 0 Å². The summed E-state index contributed by atoms with van der Waals surface area (Å²) < 4.78 is 22.9. The predicted molar refractivity (Wildman–Crippen MR) is 148 cm³/mol. The summed E-state index contributed by atoms with van der Waals surface area (Å²) in [5.74, 6) is 2.50. The molecule has 1 aliphatic heterocycles. The maximum atomic E-state index is 13.2. The van der Waals surface area contributed by atoms with Crippen LogP contribution in [-0.4, -0.2) is 30.8 Å². The lowest BCUT2D eigenvalue weighted by atomic mass is 10.1. The Labute approximate surface area is 222 Å². The molecule has 0 bridgehead atoms. The Hall–Kier alpha value is -4.04. The van der Waals surface area contributed by atoms with Crippen molar-refractivity contribution in [3.8, 4) is 23.0 Å². The van der Waals surface area contributed by atoms with E-state index in [4.69, 9.17) is 31.2 Å². The number of para-hydroxylation sites is 2. The van der Waals surface area contributed by atoms with Crippen molar-refractivity contribution in [2.45, 2.75) is 27.4 Å². The monoisotopic (exact) mass is 518 g/mol. The van der Waals surface area contributed by atoms with Crippen LogP contribution in [-0.2, 0) is 11.4 Å². The second-order valence-corrected chi connectivity index (χ2v) is 8.42. The Morgan fingerprint density at radius 3 is 2.22 bits per heavy atom. The van der Waals surface area contributed by atoms with Gasteiger partial charge in [-0.05, 0) is 86.6 Å². The number of thiocarbonyl (C=S) groups is 1. The number of benzene rings is 3. The second kappa shape index (κ2) is 12.3. The molecule has 192 valence electrons. The number of nitrogens with one attached hydrogen (secondary N) is 1. The number of rotatable bonds is 11. The molecule has 0 aromatic heterocycles. The first-order valence-corrected chi connectivity index (χ1v) is 12.6. The first-order chi connectivity index (χ1) is 18.0. The van der Waals surface area contributed by atoms with Gasteiger partial charge in [0, 0.05) is 0 Å². The van der Waals surface area contributed by atoms with Gasteiger partial charge in [0.15, 0.2) is 16.6 Å². The zero-order valence-electron chi connectivity index (χ0n) is 21.2. The Bertz CT molecular complexity index is 1290. The molecule has 0 spiro atoms. The Morgan fingerprint density at radius 1 is 0.811 bits per heavy atom. The van der Waals surface area contributed by atoms with Gasteiger partial charge in [-0.3, -0.25) is 4.79 Å². The van der Waals surface area contributed by atoms with E-state index in [1.807, 2.05) is 87.5 Å². The van der Waals surface area contributed by atoms with Gasteiger partial charge in [0.2, 0.25) is 0 Å². The predicted octanol–water partition coefficient (Wildman–Crippen LogP) is 5.72. The van der Waals surface area contributed by atoms with Gasteiger partial charge in [-0.25, -0.2) is 4.90 Å². The molecule has 1 heterocycles. The summed E-state index contributed by atoms with van der Waals surface area (Å²) in [5.41, 5.74) is 2.81. The number of amides is 1. The first kappa shape index (κ1) is 26.0. The van der Waals surface area contributed by atoms with Gasteiger partial charge in [-0.1, -0.05) is 30.3 Å². The van der Waals surface area contributed by atoms with Gasteiger partial charge in [0.05, 0.1) is 25.5 Å². The molecule has 0 unspecified atom stereocenters. The lowest BCUT2D eigenvalue weighted by Crippen LogP contribution is -2.30. The summed E-state index contributed by atoms with van der Waals surface area (Å²) in [4.78, 5) is 14.6. The molecule has 3 aromatic rings. The highest BCUT2D eigenvalue weighted by atomic mass is 32.1. The smallest absolute Gasteiger partial charge is 0.281 e. The standard InChI is InChI=1S/C29H30N2O5S/c1-4-33-25-10-8-7-9-24(25)31-28(32)23(30-29(31)37)17-20-11-14-22(15-12-20)36-19-21-13-16-26(34-5-2)27(18-21)35-6-3/h7-18H,4-6,19H2,1-3H3,(H,30,37)/b23-17+. The summed E-state index contributed by atoms with van der Waals surface area (Å²) in [6.07, 6.45) is 1.77. The van der Waals surface area contributed by atoms with Crippen LogP contribution >= 0.6 is 12.2 Å². The van der Waals surface area contributed by atoms with Crippen molar-refractivity contribution in [2.75, 3.05) is 24.7 Å². The minimum Gasteiger partial charge on any atom is -0.492 e. The van der Waals surface area contributed by atoms with E-state index in [2.05, 4.69) is 5.32 Å². The molecule has 1 saturated heterocycles. The van der Waals surface area contributed by atoms with Crippen molar-refractivity contribution in [2.24, 2.45) is 0 Å². The third kappa shape index (κ3) is 6.21. The molecule has 0 atom stereocenters. The van der Waals surface area contributed by atoms with Gasteiger partial charge in [0.1, 0.15) is 23.8 Å². The van der Waals surface area contributed by atoms with E-state index in [-0.39, 0.29) is 5.91 Å². The van der Waals surface area contributed by atoms with Crippen molar-refractivity contribution in [1.29, 1.82) is 0 Å². The van der Waals surface area contributed by atoms with Crippen molar-refractivity contribution in [3.63, 3.8) is 0 Å². The lowest BCUT2D eigenvalue weighted by Gasteiger charge is -2.17. The third-order valence-corrected chi connectivity index (χ3v) is 5.77. The van der Waals surface area contributed by atoms with E-state index in [0.29, 0.717) is 60.2 Å². The zero-order chi connectivity index (χ0) is 26.2. The number of nitrogens with zero attached hydrogens (tertiary/aromatic N) is 1. The van der Waals surface area contributed by atoms with Crippen LogP contribution in [0.4, 0.5) is 5.69 Å². The van der Waals surface area contributed by atoms with Gasteiger partial charge >= 0.3 is 0 Å². The average molecular weight is 519 g/mol. The van der Waals surface area contributed by atoms with Crippen LogP contribution in [0.5, 0.6) is 23.0 Å². The molecular weight excluding hydrogens is 488 g/mol. The molecule has 1 N–H and O–H groups in total. The fraction of sp³-hybridized carbons (Fsp3) is 0.241. The molecule has 0 radical (unpaired) electrons. The highest BCUT2D eigenvalue weighted by Crippen LogP contribution is 2.32. The van der Waals surface area contributed by atoms with Crippen LogP contribution in [0.3, 0.4) is 0 Å². The van der Waals surface area contributed by atoms with E-state index in [9.17, 15) is 4.79 Å². The van der Waals surface area contributed by atoms with E-state index in [1.165, 1.54) is 4.90 Å². The van der Waals surface area contributed by atoms with Crippen LogP contribution in [0, 0.1) is 0 Å². The average Bonchev–Trinajstić information content (AvgIpc) is 3.18. The zero-order valence-corrected chi connectivity index (χ0v) is 22.0. The lowest BCUT2D eigenvalue weighted by molar-refractivity contribution is -0.113. The normalized spacial score (nSPS) is 14.0. The van der Waals surface area contributed by atoms with Crippen molar-refractivity contribution >= 4 is 35.0 Å². The highest BCUT2D eigenvalue weighted by Gasteiger charge is 2.33. The Morgan fingerprint density at radius 2 is 1.49 bits per heavy atom. The Balaban J connectivity index is 1.43. The van der Waals surface area contributed by atoms with Crippen LogP contribution < -0.4 is 29.2 Å². The molecule has 0 aliphatic carbocycles. The third-order valence-electron chi connectivity index (χ3n) is 5.49. The summed E-state index contributed by atoms with van der Waals surface area (Å²) in [6, 6.07) is 20.6. The maximum absolute atomic E-state index is 13.2. The van der Waals surface area contributed by atoms with Crippen LogP contribution in [0.25, 0.3) is 6.08 Å². The Kier molecular flexibility index (Phi) is 8.64. The molecular formula is C29H30N2O5S. The maximum Gasteiger partial charge on any atom is 0.281 e. The number of hydrogen-bond donors (Lipinski definition) is 1. The first-order valence-electron chi connectivity index (χ1n) is 12.2. The topological polar surface area (TPSA) is 69.3 Å². The van der Waals surface area contributed by atoms with Gasteiger partial charge < -0.3 is 24.3 Å². The fourth-order valence-corrected chi connectivity index (χ4v) is 4.14. The minimum absolute atomic E-state index is 0.238. The van der Waals surface area contributed by atoms with Crippen LogP contribution in [0.1, 0.15) is 31.9 Å². The summed E-state index contributed by atoms with van der Waals surface area (Å²) in [6.45, 7) is 7.78. The molecule has 7 nitrogen and oxygen atoms in total. The fourth-order valence-electron chi connectivity index (χ4n) is 3.85. The summed E-state index contributed by atoms with van der Waals surface area (Å²) in [5, 5.41) is 3.33. The number of anilines is 1. The van der Waals surface area contributed by atoms with Crippen LogP contribution in [0.15, 0.2) is 72.4 Å². The van der Waals surface area contributed by atoms with Crippen molar-refractivity contribution in [3.05, 3.63) is 83.6 Å². The molecule has 1 aliphatic rings. The summed E-state index contributed by atoms with van der Waals surface area (Å²) in [7, 11) is 0. The molecule has 1 amide bonds. The SMILES string of the molecule is CCOc1ccc(COc2ccc(/C=C3/NC(=S)N(c4ccccc4OCC)C3=O)cc2)cc1OCC. The van der Waals surface area contributed by atoms with Gasteiger partial charge in [0.25, 0.3) is 5.91 Å². The molecule has 1 fully saturated rings. The number of carbonyl (C=O) groups excluding carboxylic acids is 1. The van der Waals surface area contributed by atoms with E-state index < -0.39 is 0 Å². The van der Waals surface area contributed by atoms with Gasteiger partial charge in [-0.2, -0.15) is 0 Å². The van der Waals surface area contributed by atoms with E-state index in [0.717, 1.165) is 16.9 Å². The van der Waals surface area contributed by atoms with Crippen molar-refractivity contribution < 1.29 is 23.7 Å². The van der Waals surface area contributed by atoms with Gasteiger partial charge in [-0.15, -0.1) is 0 Å². The van der Waals surface area contributed by atoms with Crippen LogP contribution in [0.2, 0.25) is 0 Å². The second-order valence-electron chi connectivity index (χ2n) is 8.03. The molecule has 37 heavy (non-hydrogen) atoms. The molecule has 8 heteroatoms. The molecule has 3 aromatic carbocycles. The quantitative estimate of drug-likeness (QED) is 0.257. The molecule has 4 rings (SSSR count). The number of hydrogen-bond acceptors (Lipinski definition) is 6. The number of ether oxygens (including phenoxy) is 4. The van der Waals surface area contributed by atoms with Crippen molar-refractivity contribution in [1.82, 2.24) is 5.32 Å². The van der Waals surface area contributed by atoms with E-state index in [1.54, 1.807) is 6.08 Å².